The smallest absolute Gasteiger partial charge is 0.260 e. The standard InChI is InChI=1S/C19H18F2N2OS/c20-16-11-15(12-17(21)13-16)18(24)23-9-4-10-25-19(23)22-8-7-14-5-2-1-3-6-14/h1-3,5-6,11-13H,4,7-10H2. The summed E-state index contributed by atoms with van der Waals surface area (Å²) in [5.41, 5.74) is 1.19. The number of rotatable bonds is 4. The van der Waals surface area contributed by atoms with Crippen LogP contribution < -0.4 is 0 Å². The number of amides is 1. The van der Waals surface area contributed by atoms with Crippen molar-refractivity contribution in [3.05, 3.63) is 71.3 Å². The van der Waals surface area contributed by atoms with Crippen LogP contribution in [0.2, 0.25) is 0 Å². The van der Waals surface area contributed by atoms with Gasteiger partial charge in [0.2, 0.25) is 0 Å². The maximum atomic E-state index is 13.4. The van der Waals surface area contributed by atoms with Crippen LogP contribution in [0.3, 0.4) is 0 Å². The van der Waals surface area contributed by atoms with Crippen molar-refractivity contribution < 1.29 is 13.6 Å². The Morgan fingerprint density at radius 3 is 2.56 bits per heavy atom. The third-order valence-corrected chi connectivity index (χ3v) is 4.93. The fraction of sp³-hybridized carbons (Fsp3) is 0.263. The Morgan fingerprint density at radius 2 is 1.84 bits per heavy atom. The average Bonchev–Trinajstić information content (AvgIpc) is 2.62. The lowest BCUT2D eigenvalue weighted by atomic mass is 10.1. The SMILES string of the molecule is O=C(c1cc(F)cc(F)c1)N1CCCSC1=NCCc1ccccc1. The Labute approximate surface area is 149 Å². The second kappa shape index (κ2) is 8.25. The number of aliphatic imine (C=N–C) groups is 1. The van der Waals surface area contributed by atoms with Crippen molar-refractivity contribution in [2.24, 2.45) is 4.99 Å². The molecular formula is C19H18F2N2OS. The molecule has 6 heteroatoms. The van der Waals surface area contributed by atoms with Gasteiger partial charge >= 0.3 is 0 Å². The van der Waals surface area contributed by atoms with E-state index in [0.717, 1.165) is 36.8 Å². The highest BCUT2D eigenvalue weighted by Crippen LogP contribution is 2.21. The van der Waals surface area contributed by atoms with Gasteiger partial charge in [-0.1, -0.05) is 42.1 Å². The van der Waals surface area contributed by atoms with Gasteiger partial charge in [-0.25, -0.2) is 8.78 Å². The first kappa shape index (κ1) is 17.6. The Balaban J connectivity index is 1.73. The van der Waals surface area contributed by atoms with Crippen LogP contribution in [-0.2, 0) is 6.42 Å². The molecule has 1 amide bonds. The average molecular weight is 360 g/mol. The zero-order valence-corrected chi connectivity index (χ0v) is 14.4. The van der Waals surface area contributed by atoms with Gasteiger partial charge in [0.15, 0.2) is 5.17 Å². The van der Waals surface area contributed by atoms with E-state index in [4.69, 9.17) is 0 Å². The summed E-state index contributed by atoms with van der Waals surface area (Å²) in [5.74, 6) is -1.04. The molecule has 0 aliphatic carbocycles. The quantitative estimate of drug-likeness (QED) is 0.821. The molecule has 3 rings (SSSR count). The van der Waals surface area contributed by atoms with Gasteiger partial charge < -0.3 is 0 Å². The zero-order chi connectivity index (χ0) is 17.6. The fourth-order valence-corrected chi connectivity index (χ4v) is 3.61. The maximum Gasteiger partial charge on any atom is 0.260 e. The predicted octanol–water partition coefficient (Wildman–Crippen LogP) is 4.14. The van der Waals surface area contributed by atoms with E-state index in [9.17, 15) is 13.6 Å². The van der Waals surface area contributed by atoms with E-state index in [1.165, 1.54) is 22.2 Å². The molecule has 130 valence electrons. The molecule has 0 atom stereocenters. The molecule has 25 heavy (non-hydrogen) atoms. The Hall–Kier alpha value is -2.21. The molecule has 2 aromatic rings. The molecule has 0 N–H and O–H groups in total. The molecule has 2 aromatic carbocycles. The van der Waals surface area contributed by atoms with Crippen LogP contribution in [0.1, 0.15) is 22.3 Å². The molecule has 1 fully saturated rings. The number of halogens is 2. The lowest BCUT2D eigenvalue weighted by Crippen LogP contribution is -2.39. The summed E-state index contributed by atoms with van der Waals surface area (Å²) < 4.78 is 26.8. The predicted molar refractivity (Wildman–Crippen MR) is 96.9 cm³/mol. The normalized spacial score (nSPS) is 16.2. The van der Waals surface area contributed by atoms with Crippen LogP contribution >= 0.6 is 11.8 Å². The summed E-state index contributed by atoms with van der Waals surface area (Å²) in [6.45, 7) is 1.07. The molecule has 0 aromatic heterocycles. The third kappa shape index (κ3) is 4.66. The van der Waals surface area contributed by atoms with E-state index < -0.39 is 17.5 Å². The second-order valence-corrected chi connectivity index (χ2v) is 6.78. The maximum absolute atomic E-state index is 13.4. The molecule has 1 aliphatic rings. The molecule has 0 saturated carbocycles. The van der Waals surface area contributed by atoms with Crippen LogP contribution in [0, 0.1) is 11.6 Å². The summed E-state index contributed by atoms with van der Waals surface area (Å²) in [4.78, 5) is 18.7. The minimum atomic E-state index is -0.754. The van der Waals surface area contributed by atoms with Crippen LogP contribution in [0.4, 0.5) is 8.78 Å². The number of thioether (sulfide) groups is 1. The molecule has 1 heterocycles. The lowest BCUT2D eigenvalue weighted by molar-refractivity contribution is 0.0848. The molecule has 0 unspecified atom stereocenters. The minimum absolute atomic E-state index is 0.00996. The Morgan fingerprint density at radius 1 is 1.12 bits per heavy atom. The number of carbonyl (C=O) groups is 1. The summed E-state index contributed by atoms with van der Waals surface area (Å²) in [6, 6.07) is 12.9. The van der Waals surface area contributed by atoms with Gasteiger partial charge in [-0.3, -0.25) is 14.7 Å². The van der Waals surface area contributed by atoms with Gasteiger partial charge in [-0.05, 0) is 30.5 Å². The van der Waals surface area contributed by atoms with Crippen molar-refractivity contribution in [2.45, 2.75) is 12.8 Å². The summed E-state index contributed by atoms with van der Waals surface area (Å²) in [7, 11) is 0. The van der Waals surface area contributed by atoms with Crippen LogP contribution in [0.25, 0.3) is 0 Å². The second-order valence-electron chi connectivity index (χ2n) is 5.72. The van der Waals surface area contributed by atoms with E-state index in [-0.39, 0.29) is 5.56 Å². The van der Waals surface area contributed by atoms with Gasteiger partial charge in [0, 0.05) is 30.5 Å². The first-order valence-corrected chi connectivity index (χ1v) is 9.11. The number of nitrogens with zero attached hydrogens (tertiary/aromatic N) is 2. The zero-order valence-electron chi connectivity index (χ0n) is 13.6. The number of amidine groups is 1. The fourth-order valence-electron chi connectivity index (χ4n) is 2.64. The molecule has 0 spiro atoms. The topological polar surface area (TPSA) is 32.7 Å². The van der Waals surface area contributed by atoms with E-state index >= 15 is 0 Å². The van der Waals surface area contributed by atoms with Gasteiger partial charge in [0.05, 0.1) is 0 Å². The first-order valence-electron chi connectivity index (χ1n) is 8.12. The molecule has 0 bridgehead atoms. The number of hydrogen-bond acceptors (Lipinski definition) is 3. The summed E-state index contributed by atoms with van der Waals surface area (Å²) >= 11 is 1.51. The molecule has 0 radical (unpaired) electrons. The van der Waals surface area contributed by atoms with E-state index in [2.05, 4.69) is 4.99 Å². The largest absolute Gasteiger partial charge is 0.287 e. The van der Waals surface area contributed by atoms with Crippen molar-refractivity contribution >= 4 is 22.8 Å². The number of benzene rings is 2. The highest BCUT2D eigenvalue weighted by molar-refractivity contribution is 8.13. The van der Waals surface area contributed by atoms with Crippen LogP contribution in [-0.4, -0.2) is 34.8 Å². The van der Waals surface area contributed by atoms with Gasteiger partial charge in [0.1, 0.15) is 11.6 Å². The minimum Gasteiger partial charge on any atom is -0.287 e. The first-order chi connectivity index (χ1) is 12.1. The van der Waals surface area contributed by atoms with Crippen molar-refractivity contribution in [3.8, 4) is 0 Å². The summed E-state index contributed by atoms with van der Waals surface area (Å²) in [5, 5.41) is 0.622. The van der Waals surface area contributed by atoms with E-state index in [1.54, 1.807) is 0 Å². The summed E-state index contributed by atoms with van der Waals surface area (Å²) in [6.07, 6.45) is 1.60. The molecule has 1 saturated heterocycles. The monoisotopic (exact) mass is 360 g/mol. The number of hydrogen-bond donors (Lipinski definition) is 0. The van der Waals surface area contributed by atoms with Gasteiger partial charge in [-0.15, -0.1) is 0 Å². The third-order valence-electron chi connectivity index (χ3n) is 3.83. The van der Waals surface area contributed by atoms with E-state index in [0.29, 0.717) is 18.3 Å². The number of carbonyl (C=O) groups excluding carboxylic acids is 1. The van der Waals surface area contributed by atoms with Crippen LogP contribution in [0.5, 0.6) is 0 Å². The lowest BCUT2D eigenvalue weighted by Gasteiger charge is -2.28. The van der Waals surface area contributed by atoms with Gasteiger partial charge in [0.25, 0.3) is 5.91 Å². The molecule has 1 aliphatic heterocycles. The van der Waals surface area contributed by atoms with Crippen molar-refractivity contribution in [3.63, 3.8) is 0 Å². The van der Waals surface area contributed by atoms with E-state index in [1.807, 2.05) is 30.3 Å². The Bertz CT molecular complexity index is 760. The highest BCUT2D eigenvalue weighted by atomic mass is 32.2. The van der Waals surface area contributed by atoms with Crippen molar-refractivity contribution in [1.82, 2.24) is 4.90 Å². The molecular weight excluding hydrogens is 342 g/mol. The van der Waals surface area contributed by atoms with Gasteiger partial charge in [-0.2, -0.15) is 0 Å². The van der Waals surface area contributed by atoms with Crippen LogP contribution in [0.15, 0.2) is 53.5 Å². The molecule has 3 nitrogen and oxygen atoms in total. The van der Waals surface area contributed by atoms with Crippen molar-refractivity contribution in [2.75, 3.05) is 18.8 Å². The highest BCUT2D eigenvalue weighted by Gasteiger charge is 2.25. The Kier molecular flexibility index (Phi) is 5.81. The van der Waals surface area contributed by atoms with Crippen molar-refractivity contribution in [1.29, 1.82) is 0 Å².